The van der Waals surface area contributed by atoms with Gasteiger partial charge in [-0.3, -0.25) is 4.90 Å². The summed E-state index contributed by atoms with van der Waals surface area (Å²) in [5.74, 6) is 0. The molecule has 2 aliphatic heterocycles. The van der Waals surface area contributed by atoms with Gasteiger partial charge in [-0.2, -0.15) is 0 Å². The Bertz CT molecular complexity index is 138. The molecule has 0 aromatic heterocycles. The van der Waals surface area contributed by atoms with Crippen LogP contribution in [-0.2, 0) is 4.74 Å². The van der Waals surface area contributed by atoms with E-state index in [9.17, 15) is 0 Å². The summed E-state index contributed by atoms with van der Waals surface area (Å²) >= 11 is 0. The van der Waals surface area contributed by atoms with E-state index in [2.05, 4.69) is 10.2 Å². The van der Waals surface area contributed by atoms with E-state index in [-0.39, 0.29) is 0 Å². The van der Waals surface area contributed by atoms with Gasteiger partial charge in [0, 0.05) is 45.4 Å². The highest BCUT2D eigenvalue weighted by atomic mass is 16.5. The van der Waals surface area contributed by atoms with Crippen LogP contribution in [0.1, 0.15) is 19.3 Å². The van der Waals surface area contributed by atoms with Crippen LogP contribution >= 0.6 is 0 Å². The molecule has 0 saturated carbocycles. The predicted octanol–water partition coefficient (Wildman–Crippen LogP) is 0.461. The molecule has 2 fully saturated rings. The highest BCUT2D eigenvalue weighted by Gasteiger charge is 2.21. The van der Waals surface area contributed by atoms with Gasteiger partial charge in [-0.15, -0.1) is 0 Å². The zero-order valence-corrected chi connectivity index (χ0v) is 8.30. The highest BCUT2D eigenvalue weighted by Crippen LogP contribution is 2.15. The Morgan fingerprint density at radius 3 is 2.77 bits per heavy atom. The summed E-state index contributed by atoms with van der Waals surface area (Å²) in [5, 5.41) is 3.40. The van der Waals surface area contributed by atoms with Crippen molar-refractivity contribution in [3.63, 3.8) is 0 Å². The van der Waals surface area contributed by atoms with Gasteiger partial charge in [0.25, 0.3) is 0 Å². The highest BCUT2D eigenvalue weighted by molar-refractivity contribution is 4.77. The Labute approximate surface area is 80.4 Å². The van der Waals surface area contributed by atoms with Crippen LogP contribution in [0, 0.1) is 0 Å². The summed E-state index contributed by atoms with van der Waals surface area (Å²) in [6.07, 6.45) is 3.81. The van der Waals surface area contributed by atoms with Gasteiger partial charge in [0.05, 0.1) is 0 Å². The number of hydrogen-bond acceptors (Lipinski definition) is 3. The van der Waals surface area contributed by atoms with Gasteiger partial charge in [0.1, 0.15) is 0 Å². The Balaban J connectivity index is 1.82. The predicted molar refractivity (Wildman–Crippen MR) is 52.9 cm³/mol. The van der Waals surface area contributed by atoms with E-state index >= 15 is 0 Å². The van der Waals surface area contributed by atoms with Crippen LogP contribution in [0.2, 0.25) is 0 Å². The minimum absolute atomic E-state index is 0.796. The second-order valence-electron chi connectivity index (χ2n) is 3.98. The van der Waals surface area contributed by atoms with E-state index < -0.39 is 0 Å². The lowest BCUT2D eigenvalue weighted by atomic mass is 10.1. The van der Waals surface area contributed by atoms with E-state index in [1.165, 1.54) is 32.4 Å². The lowest BCUT2D eigenvalue weighted by Gasteiger charge is -2.34. The first-order valence-corrected chi connectivity index (χ1v) is 5.49. The molecule has 0 aromatic rings. The molecule has 2 heterocycles. The number of hydrogen-bond donors (Lipinski definition) is 1. The standard InChI is InChI=1S/C10H20N2O/c1-2-10(3-9-13-8-1)12-6-4-11-5-7-12/h10-11H,1-9H2. The van der Waals surface area contributed by atoms with Crippen molar-refractivity contribution in [3.05, 3.63) is 0 Å². The molecule has 0 amide bonds. The van der Waals surface area contributed by atoms with E-state index in [0.29, 0.717) is 0 Å². The fourth-order valence-corrected chi connectivity index (χ4v) is 2.30. The van der Waals surface area contributed by atoms with Crippen LogP contribution in [0.25, 0.3) is 0 Å². The number of piperazine rings is 1. The molecule has 2 rings (SSSR count). The SMILES string of the molecule is C1COCCC(N2CCNCC2)C1. The Morgan fingerprint density at radius 2 is 1.92 bits per heavy atom. The molecule has 3 nitrogen and oxygen atoms in total. The Kier molecular flexibility index (Phi) is 3.58. The van der Waals surface area contributed by atoms with Crippen LogP contribution in [0.4, 0.5) is 0 Å². The third-order valence-electron chi connectivity index (χ3n) is 3.09. The Morgan fingerprint density at radius 1 is 1.08 bits per heavy atom. The summed E-state index contributed by atoms with van der Waals surface area (Å²) in [5.41, 5.74) is 0. The molecule has 0 aliphatic carbocycles. The first kappa shape index (κ1) is 9.44. The van der Waals surface area contributed by atoms with Crippen molar-refractivity contribution in [2.45, 2.75) is 25.3 Å². The number of nitrogens with one attached hydrogen (secondary N) is 1. The van der Waals surface area contributed by atoms with E-state index in [1.807, 2.05) is 0 Å². The molecule has 76 valence electrons. The van der Waals surface area contributed by atoms with E-state index in [4.69, 9.17) is 4.74 Å². The van der Waals surface area contributed by atoms with Crippen molar-refractivity contribution in [1.82, 2.24) is 10.2 Å². The van der Waals surface area contributed by atoms with E-state index in [0.717, 1.165) is 32.3 Å². The lowest BCUT2D eigenvalue weighted by Crippen LogP contribution is -2.48. The molecule has 1 unspecified atom stereocenters. The molecule has 13 heavy (non-hydrogen) atoms. The normalized spacial score (nSPS) is 32.8. The molecular weight excluding hydrogens is 164 g/mol. The van der Waals surface area contributed by atoms with Gasteiger partial charge in [-0.1, -0.05) is 0 Å². The number of nitrogens with zero attached hydrogens (tertiary/aromatic N) is 1. The van der Waals surface area contributed by atoms with Crippen LogP contribution in [0.3, 0.4) is 0 Å². The molecule has 0 bridgehead atoms. The summed E-state index contributed by atoms with van der Waals surface area (Å²) in [4.78, 5) is 2.63. The second-order valence-corrected chi connectivity index (χ2v) is 3.98. The second kappa shape index (κ2) is 4.94. The largest absolute Gasteiger partial charge is 0.381 e. The van der Waals surface area contributed by atoms with Crippen LogP contribution in [0.15, 0.2) is 0 Å². The minimum Gasteiger partial charge on any atom is -0.381 e. The maximum atomic E-state index is 5.47. The third-order valence-corrected chi connectivity index (χ3v) is 3.09. The molecule has 1 N–H and O–H groups in total. The first-order valence-electron chi connectivity index (χ1n) is 5.49. The topological polar surface area (TPSA) is 24.5 Å². The average Bonchev–Trinajstić information content (AvgIpc) is 2.47. The van der Waals surface area contributed by atoms with Crippen molar-refractivity contribution < 1.29 is 4.74 Å². The summed E-state index contributed by atoms with van der Waals surface area (Å²) in [6, 6.07) is 0.796. The van der Waals surface area contributed by atoms with Gasteiger partial charge in [-0.05, 0) is 19.3 Å². The van der Waals surface area contributed by atoms with Crippen molar-refractivity contribution in [1.29, 1.82) is 0 Å². The molecule has 3 heteroatoms. The fourth-order valence-electron chi connectivity index (χ4n) is 2.30. The third kappa shape index (κ3) is 2.66. The molecule has 2 saturated heterocycles. The van der Waals surface area contributed by atoms with Gasteiger partial charge < -0.3 is 10.1 Å². The zero-order chi connectivity index (χ0) is 8.93. The van der Waals surface area contributed by atoms with Gasteiger partial charge in [0.15, 0.2) is 0 Å². The zero-order valence-electron chi connectivity index (χ0n) is 8.30. The van der Waals surface area contributed by atoms with Gasteiger partial charge in [0.2, 0.25) is 0 Å². The molecule has 0 spiro atoms. The average molecular weight is 184 g/mol. The van der Waals surface area contributed by atoms with Crippen molar-refractivity contribution in [2.75, 3.05) is 39.4 Å². The smallest absolute Gasteiger partial charge is 0.0480 e. The molecule has 0 aromatic carbocycles. The maximum absolute atomic E-state index is 5.47. The molecule has 1 atom stereocenters. The number of ether oxygens (including phenoxy) is 1. The van der Waals surface area contributed by atoms with Crippen molar-refractivity contribution in [2.24, 2.45) is 0 Å². The quantitative estimate of drug-likeness (QED) is 0.641. The number of rotatable bonds is 1. The van der Waals surface area contributed by atoms with Crippen molar-refractivity contribution in [3.8, 4) is 0 Å². The molecule has 0 radical (unpaired) electrons. The summed E-state index contributed by atoms with van der Waals surface area (Å²) < 4.78 is 5.47. The first-order chi connectivity index (χ1) is 6.47. The van der Waals surface area contributed by atoms with Gasteiger partial charge >= 0.3 is 0 Å². The maximum Gasteiger partial charge on any atom is 0.0480 e. The van der Waals surface area contributed by atoms with E-state index in [1.54, 1.807) is 0 Å². The molecular formula is C10H20N2O. The Hall–Kier alpha value is -0.120. The summed E-state index contributed by atoms with van der Waals surface area (Å²) in [6.45, 7) is 6.72. The van der Waals surface area contributed by atoms with Crippen LogP contribution < -0.4 is 5.32 Å². The van der Waals surface area contributed by atoms with Gasteiger partial charge in [-0.25, -0.2) is 0 Å². The lowest BCUT2D eigenvalue weighted by molar-refractivity contribution is 0.123. The van der Waals surface area contributed by atoms with Crippen LogP contribution in [-0.4, -0.2) is 50.3 Å². The van der Waals surface area contributed by atoms with Crippen LogP contribution in [0.5, 0.6) is 0 Å². The monoisotopic (exact) mass is 184 g/mol. The van der Waals surface area contributed by atoms with Crippen molar-refractivity contribution >= 4 is 0 Å². The molecule has 2 aliphatic rings. The fraction of sp³-hybridized carbons (Fsp3) is 1.00. The summed E-state index contributed by atoms with van der Waals surface area (Å²) in [7, 11) is 0. The minimum atomic E-state index is 0.796.